The molecule has 1 aromatic rings. The van der Waals surface area contributed by atoms with Crippen LogP contribution >= 0.6 is 0 Å². The van der Waals surface area contributed by atoms with Gasteiger partial charge in [-0.25, -0.2) is 4.79 Å². The minimum absolute atomic E-state index is 0.169. The van der Waals surface area contributed by atoms with Gasteiger partial charge in [-0.1, -0.05) is 31.1 Å². The number of amides is 1. The second-order valence-electron chi connectivity index (χ2n) is 4.78. The summed E-state index contributed by atoms with van der Waals surface area (Å²) in [7, 11) is 0. The van der Waals surface area contributed by atoms with Crippen LogP contribution < -0.4 is 4.90 Å². The summed E-state index contributed by atoms with van der Waals surface area (Å²) in [6.45, 7) is 4.83. The monoisotopic (exact) mass is 260 g/mol. The fourth-order valence-electron chi connectivity index (χ4n) is 1.99. The number of rotatable bonds is 4. The van der Waals surface area contributed by atoms with Crippen molar-refractivity contribution in [3.8, 4) is 0 Å². The summed E-state index contributed by atoms with van der Waals surface area (Å²) in [5.74, 6) is 0.456. The molecule has 1 heterocycles. The molecule has 1 aliphatic heterocycles. The van der Waals surface area contributed by atoms with E-state index in [9.17, 15) is 4.79 Å². The van der Waals surface area contributed by atoms with Crippen LogP contribution in [0.2, 0.25) is 0 Å². The minimum Gasteiger partial charge on any atom is -0.444 e. The Labute approximate surface area is 111 Å². The lowest BCUT2D eigenvalue weighted by Gasteiger charge is -2.14. The van der Waals surface area contributed by atoms with E-state index in [1.165, 1.54) is 5.56 Å². The van der Waals surface area contributed by atoms with Gasteiger partial charge in [-0.3, -0.25) is 4.90 Å². The van der Waals surface area contributed by atoms with Gasteiger partial charge < -0.3 is 4.74 Å². The van der Waals surface area contributed by atoms with Gasteiger partial charge in [0.05, 0.1) is 13.1 Å². The van der Waals surface area contributed by atoms with Crippen LogP contribution in [0.4, 0.5) is 10.5 Å². The van der Waals surface area contributed by atoms with Crippen molar-refractivity contribution in [1.29, 1.82) is 0 Å². The first-order valence-electron chi connectivity index (χ1n) is 6.20. The summed E-state index contributed by atoms with van der Waals surface area (Å²) in [4.78, 5) is 16.0. The molecule has 6 nitrogen and oxygen atoms in total. The van der Waals surface area contributed by atoms with Gasteiger partial charge >= 0.3 is 6.09 Å². The lowest BCUT2D eigenvalue weighted by atomic mass is 10.0. The molecule has 19 heavy (non-hydrogen) atoms. The predicted octanol–water partition coefficient (Wildman–Crippen LogP) is 3.45. The quantitative estimate of drug-likeness (QED) is 0.472. The molecule has 2 rings (SSSR count). The third kappa shape index (κ3) is 2.98. The SMILES string of the molecule is CC(C)c1ccc(N2CC(CN=[N+]=[N-])OC2=O)cc1. The normalized spacial score (nSPS) is 18.4. The zero-order chi connectivity index (χ0) is 13.8. The predicted molar refractivity (Wildman–Crippen MR) is 72.2 cm³/mol. The van der Waals surface area contributed by atoms with Crippen molar-refractivity contribution in [2.24, 2.45) is 5.11 Å². The van der Waals surface area contributed by atoms with Crippen LogP contribution in [0.3, 0.4) is 0 Å². The van der Waals surface area contributed by atoms with E-state index in [2.05, 4.69) is 23.9 Å². The molecule has 1 aliphatic rings. The van der Waals surface area contributed by atoms with E-state index in [0.717, 1.165) is 5.69 Å². The highest BCUT2D eigenvalue weighted by Crippen LogP contribution is 2.24. The molecule has 1 unspecified atom stereocenters. The molecule has 100 valence electrons. The number of carbonyl (C=O) groups excluding carboxylic acids is 1. The molecule has 0 N–H and O–H groups in total. The summed E-state index contributed by atoms with van der Waals surface area (Å²) in [6, 6.07) is 7.83. The Morgan fingerprint density at radius 3 is 2.74 bits per heavy atom. The zero-order valence-electron chi connectivity index (χ0n) is 11.0. The van der Waals surface area contributed by atoms with Crippen molar-refractivity contribution >= 4 is 11.8 Å². The van der Waals surface area contributed by atoms with Crippen molar-refractivity contribution in [2.45, 2.75) is 25.9 Å². The zero-order valence-corrected chi connectivity index (χ0v) is 11.0. The maximum Gasteiger partial charge on any atom is 0.414 e. The Morgan fingerprint density at radius 2 is 2.16 bits per heavy atom. The van der Waals surface area contributed by atoms with Crippen molar-refractivity contribution in [3.63, 3.8) is 0 Å². The van der Waals surface area contributed by atoms with Gasteiger partial charge in [-0.2, -0.15) is 0 Å². The number of carbonyl (C=O) groups is 1. The summed E-state index contributed by atoms with van der Waals surface area (Å²) in [6.07, 6.45) is -0.761. The number of ether oxygens (including phenoxy) is 1. The molecule has 0 spiro atoms. The first-order valence-corrected chi connectivity index (χ1v) is 6.20. The third-order valence-corrected chi connectivity index (χ3v) is 3.09. The van der Waals surface area contributed by atoms with Gasteiger partial charge in [0.2, 0.25) is 0 Å². The lowest BCUT2D eigenvalue weighted by molar-refractivity contribution is 0.145. The second-order valence-corrected chi connectivity index (χ2v) is 4.78. The molecule has 6 heteroatoms. The molecule has 0 aromatic heterocycles. The van der Waals surface area contributed by atoms with E-state index in [4.69, 9.17) is 10.3 Å². The van der Waals surface area contributed by atoms with E-state index in [1.807, 2.05) is 24.3 Å². The van der Waals surface area contributed by atoms with Gasteiger partial charge in [0.15, 0.2) is 0 Å². The van der Waals surface area contributed by atoms with Crippen LogP contribution in [-0.4, -0.2) is 25.3 Å². The van der Waals surface area contributed by atoms with Crippen molar-refractivity contribution < 1.29 is 9.53 Å². The van der Waals surface area contributed by atoms with E-state index in [-0.39, 0.29) is 12.6 Å². The van der Waals surface area contributed by atoms with Gasteiger partial charge in [-0.05, 0) is 29.1 Å². The number of hydrogen-bond donors (Lipinski definition) is 0. The summed E-state index contributed by atoms with van der Waals surface area (Å²) in [5.41, 5.74) is 10.3. The highest BCUT2D eigenvalue weighted by atomic mass is 16.6. The number of hydrogen-bond acceptors (Lipinski definition) is 3. The maximum absolute atomic E-state index is 11.7. The van der Waals surface area contributed by atoms with Crippen LogP contribution in [0.25, 0.3) is 10.4 Å². The Balaban J connectivity index is 2.09. The molecule has 1 fully saturated rings. The van der Waals surface area contributed by atoms with Crippen LogP contribution in [0.5, 0.6) is 0 Å². The molecule has 0 bridgehead atoms. The van der Waals surface area contributed by atoms with Gasteiger partial charge in [0, 0.05) is 10.6 Å². The molecule has 1 atom stereocenters. The lowest BCUT2D eigenvalue weighted by Crippen LogP contribution is -2.25. The summed E-state index contributed by atoms with van der Waals surface area (Å²) < 4.78 is 5.13. The first kappa shape index (κ1) is 13.2. The standard InChI is InChI=1S/C13H16N4O2/c1-9(2)10-3-5-11(6-4-10)17-8-12(7-15-16-14)19-13(17)18/h3-6,9,12H,7-8H2,1-2H3. The second kappa shape index (κ2) is 5.63. The number of benzene rings is 1. The highest BCUT2D eigenvalue weighted by Gasteiger charge is 2.31. The number of cyclic esters (lactones) is 1. The molecule has 0 radical (unpaired) electrons. The van der Waals surface area contributed by atoms with Crippen molar-refractivity contribution in [1.82, 2.24) is 0 Å². The fourth-order valence-corrected chi connectivity index (χ4v) is 1.99. The molecule has 0 aliphatic carbocycles. The molecule has 1 saturated heterocycles. The van der Waals surface area contributed by atoms with Crippen LogP contribution in [0.1, 0.15) is 25.3 Å². The van der Waals surface area contributed by atoms with Gasteiger partial charge in [0.1, 0.15) is 6.10 Å². The van der Waals surface area contributed by atoms with Crippen LogP contribution in [-0.2, 0) is 4.74 Å². The highest BCUT2D eigenvalue weighted by molar-refractivity contribution is 5.89. The molecular formula is C13H16N4O2. The Hall–Kier alpha value is -2.20. The van der Waals surface area contributed by atoms with Gasteiger partial charge in [-0.15, -0.1) is 0 Å². The average Bonchev–Trinajstić information content (AvgIpc) is 2.77. The Morgan fingerprint density at radius 1 is 1.47 bits per heavy atom. The Bertz CT molecular complexity index is 506. The molecular weight excluding hydrogens is 244 g/mol. The van der Waals surface area contributed by atoms with Crippen molar-refractivity contribution in [3.05, 3.63) is 40.3 Å². The third-order valence-electron chi connectivity index (χ3n) is 3.09. The van der Waals surface area contributed by atoms with E-state index in [0.29, 0.717) is 12.5 Å². The molecule has 1 amide bonds. The summed E-state index contributed by atoms with van der Waals surface area (Å²) >= 11 is 0. The topological polar surface area (TPSA) is 78.3 Å². The van der Waals surface area contributed by atoms with Gasteiger partial charge in [0.25, 0.3) is 0 Å². The molecule has 1 aromatic carbocycles. The maximum atomic E-state index is 11.7. The number of nitrogens with zero attached hydrogens (tertiary/aromatic N) is 4. The number of anilines is 1. The molecule has 0 saturated carbocycles. The fraction of sp³-hybridized carbons (Fsp3) is 0.462. The van der Waals surface area contributed by atoms with E-state index in [1.54, 1.807) is 4.90 Å². The van der Waals surface area contributed by atoms with Crippen LogP contribution in [0.15, 0.2) is 29.4 Å². The largest absolute Gasteiger partial charge is 0.444 e. The minimum atomic E-state index is -0.393. The van der Waals surface area contributed by atoms with E-state index >= 15 is 0 Å². The first-order chi connectivity index (χ1) is 9.11. The smallest absolute Gasteiger partial charge is 0.414 e. The Kier molecular flexibility index (Phi) is 3.92. The van der Waals surface area contributed by atoms with Crippen molar-refractivity contribution in [2.75, 3.05) is 18.0 Å². The average molecular weight is 260 g/mol. The summed E-state index contributed by atoms with van der Waals surface area (Å²) in [5, 5.41) is 3.43. The van der Waals surface area contributed by atoms with E-state index < -0.39 is 6.09 Å². The number of azide groups is 1. The van der Waals surface area contributed by atoms with Crippen LogP contribution in [0, 0.1) is 0 Å².